The first-order valence-corrected chi connectivity index (χ1v) is 15.2. The molecule has 39 heavy (non-hydrogen) atoms. The van der Waals surface area contributed by atoms with E-state index in [0.29, 0.717) is 30.0 Å². The van der Waals surface area contributed by atoms with Gasteiger partial charge in [0, 0.05) is 18.3 Å². The Balaban J connectivity index is 1.33. The molecule has 2 N–H and O–H groups in total. The summed E-state index contributed by atoms with van der Waals surface area (Å²) in [7, 11) is -1.32. The monoisotopic (exact) mass is 570 g/mol. The molecule has 3 aromatic rings. The van der Waals surface area contributed by atoms with Gasteiger partial charge < -0.3 is 25.2 Å². The predicted octanol–water partition coefficient (Wildman–Crippen LogP) is 5.34. The van der Waals surface area contributed by atoms with Crippen molar-refractivity contribution in [2.75, 3.05) is 55.4 Å². The van der Waals surface area contributed by atoms with Gasteiger partial charge in [-0.25, -0.2) is 13.4 Å². The number of para-hydroxylation sites is 1. The Kier molecular flexibility index (Phi) is 8.16. The molecule has 5 rings (SSSR count). The molecule has 0 saturated carbocycles. The number of piperidine rings is 1. The normalized spacial score (nSPS) is 16.6. The zero-order valence-electron chi connectivity index (χ0n) is 22.5. The minimum atomic E-state index is -3.51. The van der Waals surface area contributed by atoms with Crippen molar-refractivity contribution in [3.63, 3.8) is 0 Å². The molecule has 0 bridgehead atoms. The van der Waals surface area contributed by atoms with E-state index in [1.807, 2.05) is 12.1 Å². The molecule has 2 aliphatic heterocycles. The Morgan fingerprint density at radius 3 is 2.64 bits per heavy atom. The third-order valence-corrected chi connectivity index (χ3v) is 9.79. The van der Waals surface area contributed by atoms with E-state index >= 15 is 0 Å². The highest BCUT2D eigenvalue weighted by molar-refractivity contribution is 7.92. The summed E-state index contributed by atoms with van der Waals surface area (Å²) in [4.78, 5) is 13.9. The van der Waals surface area contributed by atoms with Gasteiger partial charge in [0.15, 0.2) is 15.7 Å². The van der Waals surface area contributed by atoms with E-state index < -0.39 is 15.1 Å². The number of ether oxygens (including phenoxy) is 1. The molecule has 9 nitrogen and oxygen atoms in total. The fourth-order valence-electron chi connectivity index (χ4n) is 4.94. The molecule has 0 aliphatic carbocycles. The highest BCUT2D eigenvalue weighted by atomic mass is 35.5. The molecule has 1 aromatic heterocycles. The second kappa shape index (κ2) is 11.6. The molecule has 0 amide bonds. The van der Waals surface area contributed by atoms with Crippen molar-refractivity contribution in [3.05, 3.63) is 53.7 Å². The average molecular weight is 571 g/mol. The van der Waals surface area contributed by atoms with Crippen molar-refractivity contribution in [2.45, 2.75) is 36.8 Å². The van der Waals surface area contributed by atoms with Gasteiger partial charge in [-0.05, 0) is 77.0 Å². The van der Waals surface area contributed by atoms with Crippen LogP contribution in [0, 0.1) is 5.92 Å². The number of hydrogen-bond acceptors (Lipinski definition) is 9. The lowest BCUT2D eigenvalue weighted by Gasteiger charge is -2.37. The first kappa shape index (κ1) is 27.5. The van der Waals surface area contributed by atoms with Crippen LogP contribution in [-0.2, 0) is 9.84 Å². The molecule has 1 saturated heterocycles. The molecular formula is C28H35ClN6O3S. The van der Waals surface area contributed by atoms with Crippen LogP contribution in [0.2, 0.25) is 5.02 Å². The maximum atomic E-state index is 12.9. The van der Waals surface area contributed by atoms with Crippen molar-refractivity contribution in [2.24, 2.45) is 5.92 Å². The van der Waals surface area contributed by atoms with Crippen LogP contribution in [0.4, 0.5) is 28.8 Å². The first-order chi connectivity index (χ1) is 18.7. The molecule has 11 heteroatoms. The number of hydrogen-bond donors (Lipinski definition) is 2. The Bertz CT molecular complexity index is 1430. The van der Waals surface area contributed by atoms with Crippen LogP contribution >= 0.6 is 11.6 Å². The lowest BCUT2D eigenvalue weighted by molar-refractivity contribution is 0.217. The Morgan fingerprint density at radius 2 is 1.87 bits per heavy atom. The van der Waals surface area contributed by atoms with E-state index in [1.54, 1.807) is 38.1 Å². The fraction of sp³-hybridized carbons (Fsp3) is 0.429. The standard InChI is InChI=1S/C28H35ClN6O3S/c1-19(2)39(36,37)26-7-5-4-6-23(26)32-27-22(29)17-30-28(33-27)31-21-8-9-24-25(16-21)38-15-14-35(24)18-20-10-12-34(3)13-11-20/h4-9,16-17,19-20H,10-15,18H2,1-3H3,(H2,30,31,32,33). The summed E-state index contributed by atoms with van der Waals surface area (Å²) in [6.45, 7) is 8.19. The molecule has 0 atom stereocenters. The zero-order valence-corrected chi connectivity index (χ0v) is 24.1. The summed E-state index contributed by atoms with van der Waals surface area (Å²) in [6, 6.07) is 12.8. The minimum Gasteiger partial charge on any atom is -0.489 e. The Hall–Kier alpha value is -3.08. The minimum absolute atomic E-state index is 0.195. The maximum Gasteiger partial charge on any atom is 0.229 e. The van der Waals surface area contributed by atoms with Crippen molar-refractivity contribution >= 4 is 50.3 Å². The van der Waals surface area contributed by atoms with Crippen LogP contribution in [0.3, 0.4) is 0 Å². The Labute approximate surface area is 235 Å². The quantitative estimate of drug-likeness (QED) is 0.372. The van der Waals surface area contributed by atoms with Crippen molar-refractivity contribution in [1.82, 2.24) is 14.9 Å². The summed E-state index contributed by atoms with van der Waals surface area (Å²) < 4.78 is 31.7. The lowest BCUT2D eigenvalue weighted by Crippen LogP contribution is -2.40. The van der Waals surface area contributed by atoms with E-state index in [1.165, 1.54) is 19.0 Å². The third-order valence-electron chi connectivity index (χ3n) is 7.30. The fourth-order valence-corrected chi connectivity index (χ4v) is 6.28. The van der Waals surface area contributed by atoms with Crippen LogP contribution < -0.4 is 20.3 Å². The maximum absolute atomic E-state index is 12.9. The summed E-state index contributed by atoms with van der Waals surface area (Å²) in [5, 5.41) is 6.03. The number of nitrogens with one attached hydrogen (secondary N) is 2. The van der Waals surface area contributed by atoms with E-state index in [9.17, 15) is 8.42 Å². The van der Waals surface area contributed by atoms with Gasteiger partial charge in [0.25, 0.3) is 0 Å². The van der Waals surface area contributed by atoms with E-state index in [-0.39, 0.29) is 9.92 Å². The van der Waals surface area contributed by atoms with Gasteiger partial charge in [-0.1, -0.05) is 23.7 Å². The number of aromatic nitrogens is 2. The lowest BCUT2D eigenvalue weighted by atomic mass is 9.96. The van der Waals surface area contributed by atoms with Crippen molar-refractivity contribution < 1.29 is 13.2 Å². The molecule has 1 fully saturated rings. The summed E-state index contributed by atoms with van der Waals surface area (Å²) in [5.41, 5.74) is 2.30. The van der Waals surface area contributed by atoms with Gasteiger partial charge in [0.2, 0.25) is 5.95 Å². The topological polar surface area (TPSA) is 99.7 Å². The number of fused-ring (bicyclic) bond motifs is 1. The highest BCUT2D eigenvalue weighted by Crippen LogP contribution is 2.36. The summed E-state index contributed by atoms with van der Waals surface area (Å²) in [5.74, 6) is 2.16. The van der Waals surface area contributed by atoms with Crippen molar-refractivity contribution in [1.29, 1.82) is 0 Å². The van der Waals surface area contributed by atoms with Gasteiger partial charge in [-0.3, -0.25) is 0 Å². The van der Waals surface area contributed by atoms with Crippen LogP contribution in [0.5, 0.6) is 5.75 Å². The number of anilines is 5. The number of halogens is 1. The SMILES string of the molecule is CC(C)S(=O)(=O)c1ccccc1Nc1nc(Nc2ccc3c(c2)OCCN3CC2CCN(C)CC2)ncc1Cl. The second-order valence-electron chi connectivity index (χ2n) is 10.5. The molecule has 2 aromatic carbocycles. The number of benzene rings is 2. The number of sulfone groups is 1. The number of likely N-dealkylation sites (tertiary alicyclic amines) is 1. The largest absolute Gasteiger partial charge is 0.489 e. The average Bonchev–Trinajstić information content (AvgIpc) is 2.92. The van der Waals surface area contributed by atoms with Gasteiger partial charge >= 0.3 is 0 Å². The molecule has 0 radical (unpaired) electrons. The van der Waals surface area contributed by atoms with Crippen molar-refractivity contribution in [3.8, 4) is 5.75 Å². The predicted molar refractivity (Wildman–Crippen MR) is 157 cm³/mol. The van der Waals surface area contributed by atoms with E-state index in [2.05, 4.69) is 43.5 Å². The van der Waals surface area contributed by atoms with E-state index in [4.69, 9.17) is 16.3 Å². The smallest absolute Gasteiger partial charge is 0.229 e. The molecule has 208 valence electrons. The second-order valence-corrected chi connectivity index (χ2v) is 13.3. The van der Waals surface area contributed by atoms with Crippen LogP contribution in [-0.4, -0.2) is 68.4 Å². The molecule has 0 spiro atoms. The third kappa shape index (κ3) is 6.23. The van der Waals surface area contributed by atoms with Gasteiger partial charge in [-0.15, -0.1) is 0 Å². The van der Waals surface area contributed by atoms with E-state index in [0.717, 1.165) is 43.3 Å². The van der Waals surface area contributed by atoms with Crippen LogP contribution in [0.25, 0.3) is 0 Å². The van der Waals surface area contributed by atoms with Crippen LogP contribution in [0.15, 0.2) is 53.6 Å². The Morgan fingerprint density at radius 1 is 1.10 bits per heavy atom. The van der Waals surface area contributed by atoms with Crippen LogP contribution in [0.1, 0.15) is 26.7 Å². The highest BCUT2D eigenvalue weighted by Gasteiger charge is 2.25. The first-order valence-electron chi connectivity index (χ1n) is 13.3. The molecular weight excluding hydrogens is 536 g/mol. The summed E-state index contributed by atoms with van der Waals surface area (Å²) >= 11 is 6.38. The zero-order chi connectivity index (χ0) is 27.6. The number of rotatable bonds is 8. The number of nitrogens with zero attached hydrogens (tertiary/aromatic N) is 4. The summed E-state index contributed by atoms with van der Waals surface area (Å²) in [6.07, 6.45) is 3.93. The molecule has 0 unspecified atom stereocenters. The van der Waals surface area contributed by atoms with Gasteiger partial charge in [-0.2, -0.15) is 4.98 Å². The molecule has 3 heterocycles. The van der Waals surface area contributed by atoms with Gasteiger partial charge in [0.05, 0.1) is 34.3 Å². The molecule has 2 aliphatic rings. The van der Waals surface area contributed by atoms with Gasteiger partial charge in [0.1, 0.15) is 17.4 Å².